The second kappa shape index (κ2) is 10.1. The Hall–Kier alpha value is -3.03. The number of ether oxygens (including phenoxy) is 2. The molecule has 0 amide bonds. The molecular formula is C26H24BrNO2. The van der Waals surface area contributed by atoms with E-state index in [2.05, 4.69) is 53.2 Å². The minimum absolute atomic E-state index is 0.453. The minimum atomic E-state index is 0.453. The van der Waals surface area contributed by atoms with Gasteiger partial charge in [0.25, 0.3) is 0 Å². The van der Waals surface area contributed by atoms with Crippen LogP contribution in [0.25, 0.3) is 11.6 Å². The molecule has 0 unspecified atom stereocenters. The van der Waals surface area contributed by atoms with Crippen LogP contribution in [0.2, 0.25) is 0 Å². The molecule has 0 N–H and O–H groups in total. The van der Waals surface area contributed by atoms with Gasteiger partial charge in [-0.1, -0.05) is 75.6 Å². The monoisotopic (exact) mass is 461 g/mol. The van der Waals surface area contributed by atoms with E-state index in [1.807, 2.05) is 56.3 Å². The lowest BCUT2D eigenvalue weighted by molar-refractivity contribution is 0.269. The number of hydrogen-bond donors (Lipinski definition) is 0. The number of rotatable bonds is 7. The molecule has 0 spiro atoms. The Kier molecular flexibility index (Phi) is 7.32. The van der Waals surface area contributed by atoms with Crippen molar-refractivity contribution in [3.8, 4) is 17.6 Å². The van der Waals surface area contributed by atoms with Gasteiger partial charge >= 0.3 is 0 Å². The highest BCUT2D eigenvalue weighted by Gasteiger charge is 2.12. The summed E-state index contributed by atoms with van der Waals surface area (Å²) in [6.45, 7) is 7.00. The Morgan fingerprint density at radius 2 is 1.53 bits per heavy atom. The lowest BCUT2D eigenvalue weighted by Crippen LogP contribution is -2.00. The maximum atomic E-state index is 9.67. The molecule has 0 heterocycles. The molecule has 0 saturated heterocycles. The van der Waals surface area contributed by atoms with E-state index in [0.29, 0.717) is 30.3 Å². The largest absolute Gasteiger partial charge is 0.490 e. The first-order chi connectivity index (χ1) is 14.5. The normalized spacial score (nSPS) is 11.1. The molecule has 0 fully saturated rings. The second-order valence-corrected chi connectivity index (χ2v) is 7.92. The maximum Gasteiger partial charge on any atom is 0.162 e. The molecular weight excluding hydrogens is 438 g/mol. The molecule has 0 aliphatic carbocycles. The van der Waals surface area contributed by atoms with E-state index < -0.39 is 0 Å². The fraction of sp³-hybridized carbons (Fsp3) is 0.192. The van der Waals surface area contributed by atoms with Crippen LogP contribution in [0.4, 0.5) is 0 Å². The first-order valence-corrected chi connectivity index (χ1v) is 10.6. The van der Waals surface area contributed by atoms with Gasteiger partial charge in [-0.25, -0.2) is 0 Å². The second-order valence-electron chi connectivity index (χ2n) is 7.06. The molecule has 4 heteroatoms. The van der Waals surface area contributed by atoms with Gasteiger partial charge in [-0.2, -0.15) is 5.26 Å². The molecule has 0 aromatic heterocycles. The van der Waals surface area contributed by atoms with Crippen molar-refractivity contribution >= 4 is 27.6 Å². The van der Waals surface area contributed by atoms with Crippen molar-refractivity contribution in [1.29, 1.82) is 5.26 Å². The van der Waals surface area contributed by atoms with Crippen LogP contribution in [0.1, 0.15) is 34.7 Å². The zero-order valence-corrected chi connectivity index (χ0v) is 19.0. The van der Waals surface area contributed by atoms with Gasteiger partial charge in [0.2, 0.25) is 0 Å². The third kappa shape index (κ3) is 5.52. The molecule has 0 aliphatic heterocycles. The number of nitriles is 1. The van der Waals surface area contributed by atoms with Crippen molar-refractivity contribution in [3.05, 3.63) is 93.0 Å². The Bertz CT molecular complexity index is 1080. The molecule has 3 nitrogen and oxygen atoms in total. The van der Waals surface area contributed by atoms with Crippen LogP contribution < -0.4 is 9.47 Å². The molecule has 3 rings (SSSR count). The summed E-state index contributed by atoms with van der Waals surface area (Å²) in [7, 11) is 0. The summed E-state index contributed by atoms with van der Waals surface area (Å²) in [5, 5.41) is 9.67. The van der Waals surface area contributed by atoms with Crippen molar-refractivity contribution in [1.82, 2.24) is 0 Å². The molecule has 0 atom stereocenters. The first-order valence-electron chi connectivity index (χ1n) is 9.83. The molecule has 0 saturated carbocycles. The van der Waals surface area contributed by atoms with Gasteiger partial charge in [-0.3, -0.25) is 0 Å². The fourth-order valence-corrected chi connectivity index (χ4v) is 3.39. The molecule has 3 aromatic rings. The quantitative estimate of drug-likeness (QED) is 0.278. The summed E-state index contributed by atoms with van der Waals surface area (Å²) in [6, 6.07) is 22.3. The van der Waals surface area contributed by atoms with Crippen molar-refractivity contribution in [3.63, 3.8) is 0 Å². The lowest BCUT2D eigenvalue weighted by atomic mass is 10.0. The van der Waals surface area contributed by atoms with Crippen molar-refractivity contribution < 1.29 is 9.47 Å². The van der Waals surface area contributed by atoms with Crippen LogP contribution in [0.5, 0.6) is 11.5 Å². The van der Waals surface area contributed by atoms with Gasteiger partial charge in [-0.15, -0.1) is 0 Å². The smallest absolute Gasteiger partial charge is 0.162 e. The summed E-state index contributed by atoms with van der Waals surface area (Å²) in [5.41, 5.74) is 5.80. The summed E-state index contributed by atoms with van der Waals surface area (Å²) in [5.74, 6) is 1.32. The zero-order chi connectivity index (χ0) is 21.5. The summed E-state index contributed by atoms with van der Waals surface area (Å²) in [4.78, 5) is 0. The number of halogens is 1. The van der Waals surface area contributed by atoms with Gasteiger partial charge in [0, 0.05) is 4.47 Å². The average molecular weight is 462 g/mol. The Balaban J connectivity index is 1.90. The van der Waals surface area contributed by atoms with E-state index >= 15 is 0 Å². The highest BCUT2D eigenvalue weighted by atomic mass is 79.9. The molecule has 30 heavy (non-hydrogen) atoms. The van der Waals surface area contributed by atoms with Crippen LogP contribution in [0.15, 0.2) is 65.1 Å². The number of allylic oxidation sites excluding steroid dienone is 1. The Morgan fingerprint density at radius 1 is 0.933 bits per heavy atom. The number of nitrogens with zero attached hydrogens (tertiary/aromatic N) is 1. The number of benzene rings is 3. The molecule has 152 valence electrons. The molecule has 0 bridgehead atoms. The lowest BCUT2D eigenvalue weighted by Gasteiger charge is -2.14. The number of aryl methyl sites for hydroxylation is 2. The van der Waals surface area contributed by atoms with E-state index in [0.717, 1.165) is 26.7 Å². The molecule has 0 aliphatic rings. The van der Waals surface area contributed by atoms with Crippen molar-refractivity contribution in [2.45, 2.75) is 27.4 Å². The number of hydrogen-bond acceptors (Lipinski definition) is 3. The summed E-state index contributed by atoms with van der Waals surface area (Å²) in [6.07, 6.45) is 1.86. The topological polar surface area (TPSA) is 42.2 Å². The van der Waals surface area contributed by atoms with Gasteiger partial charge in [0.1, 0.15) is 6.61 Å². The predicted molar refractivity (Wildman–Crippen MR) is 125 cm³/mol. The van der Waals surface area contributed by atoms with E-state index in [1.165, 1.54) is 5.56 Å². The molecule has 0 radical (unpaired) electrons. The maximum absolute atomic E-state index is 9.67. The van der Waals surface area contributed by atoms with Crippen LogP contribution in [0.3, 0.4) is 0 Å². The van der Waals surface area contributed by atoms with E-state index in [1.54, 1.807) is 0 Å². The van der Waals surface area contributed by atoms with Crippen molar-refractivity contribution in [2.75, 3.05) is 6.61 Å². The first kappa shape index (κ1) is 21.7. The van der Waals surface area contributed by atoms with Gasteiger partial charge < -0.3 is 9.47 Å². The minimum Gasteiger partial charge on any atom is -0.490 e. The van der Waals surface area contributed by atoms with Gasteiger partial charge in [0.05, 0.1) is 18.2 Å². The van der Waals surface area contributed by atoms with Crippen LogP contribution in [-0.4, -0.2) is 6.61 Å². The predicted octanol–water partition coefficient (Wildman–Crippen LogP) is 7.11. The van der Waals surface area contributed by atoms with Crippen LogP contribution >= 0.6 is 15.9 Å². The van der Waals surface area contributed by atoms with Crippen LogP contribution in [0, 0.1) is 25.2 Å². The standard InChI is InChI=1S/C26H24BrNO2/c1-4-29-25-14-22(13-23(16-28)21-11-7-19(3)8-12-21)24(27)15-26(25)30-17-20-9-5-18(2)6-10-20/h5-15H,4,17H2,1-3H3/b23-13-. The van der Waals surface area contributed by atoms with E-state index in [4.69, 9.17) is 9.47 Å². The molecule has 3 aromatic carbocycles. The highest BCUT2D eigenvalue weighted by Crippen LogP contribution is 2.36. The third-order valence-electron chi connectivity index (χ3n) is 4.66. The zero-order valence-electron chi connectivity index (χ0n) is 17.4. The summed E-state index contributed by atoms with van der Waals surface area (Å²) < 4.78 is 12.7. The SMILES string of the molecule is CCOc1cc(/C=C(/C#N)c2ccc(C)cc2)c(Br)cc1OCc1ccc(C)cc1. The van der Waals surface area contributed by atoms with E-state index in [9.17, 15) is 5.26 Å². The third-order valence-corrected chi connectivity index (χ3v) is 5.35. The summed E-state index contributed by atoms with van der Waals surface area (Å²) >= 11 is 3.62. The Labute approximate surface area is 186 Å². The highest BCUT2D eigenvalue weighted by molar-refractivity contribution is 9.10. The Morgan fingerprint density at radius 3 is 2.13 bits per heavy atom. The van der Waals surface area contributed by atoms with Gasteiger partial charge in [-0.05, 0) is 55.7 Å². The van der Waals surface area contributed by atoms with Crippen molar-refractivity contribution in [2.24, 2.45) is 0 Å². The average Bonchev–Trinajstić information content (AvgIpc) is 2.74. The van der Waals surface area contributed by atoms with Crippen LogP contribution in [-0.2, 0) is 6.61 Å². The van der Waals surface area contributed by atoms with E-state index in [-0.39, 0.29) is 0 Å². The fourth-order valence-electron chi connectivity index (χ4n) is 2.96. The van der Waals surface area contributed by atoms with Gasteiger partial charge in [0.15, 0.2) is 11.5 Å².